The molecule has 1 aromatic heterocycles. The molecule has 1 aromatic carbocycles. The van der Waals surface area contributed by atoms with E-state index < -0.39 is 0 Å². The number of hydrogen-bond acceptors (Lipinski definition) is 4. The largest absolute Gasteiger partial charge is 0.494 e. The van der Waals surface area contributed by atoms with Crippen molar-refractivity contribution in [3.05, 3.63) is 59.9 Å². The van der Waals surface area contributed by atoms with Crippen LogP contribution < -0.4 is 10.1 Å². The molecule has 4 rings (SSSR count). The van der Waals surface area contributed by atoms with E-state index >= 15 is 0 Å². The molecule has 2 fully saturated rings. The third kappa shape index (κ3) is 3.72. The number of carbonyl (C=O) groups excluding carboxylic acids is 2. The first-order chi connectivity index (χ1) is 13.7. The zero-order valence-corrected chi connectivity index (χ0v) is 16.0. The van der Waals surface area contributed by atoms with Gasteiger partial charge in [-0.2, -0.15) is 0 Å². The van der Waals surface area contributed by atoms with E-state index in [4.69, 9.17) is 4.74 Å². The van der Waals surface area contributed by atoms with E-state index in [9.17, 15) is 9.59 Å². The molecule has 6 heteroatoms. The summed E-state index contributed by atoms with van der Waals surface area (Å²) in [5, 5.41) is 3.14. The minimum Gasteiger partial charge on any atom is -0.494 e. The fourth-order valence-electron chi connectivity index (χ4n) is 4.41. The van der Waals surface area contributed by atoms with Gasteiger partial charge in [0.2, 0.25) is 0 Å². The molecule has 0 radical (unpaired) electrons. The van der Waals surface area contributed by atoms with Crippen molar-refractivity contribution in [2.24, 2.45) is 0 Å². The van der Waals surface area contributed by atoms with Gasteiger partial charge in [0.15, 0.2) is 0 Å². The first kappa shape index (κ1) is 18.5. The molecule has 0 aliphatic carbocycles. The highest BCUT2D eigenvalue weighted by Gasteiger charge is 2.43. The summed E-state index contributed by atoms with van der Waals surface area (Å²) in [7, 11) is 0. The number of piperidine rings is 1. The maximum Gasteiger partial charge on any atom is 0.254 e. The van der Waals surface area contributed by atoms with Crippen molar-refractivity contribution in [3.8, 4) is 5.75 Å². The van der Waals surface area contributed by atoms with Crippen LogP contribution in [0.15, 0.2) is 48.8 Å². The van der Waals surface area contributed by atoms with Gasteiger partial charge >= 0.3 is 0 Å². The van der Waals surface area contributed by atoms with Crippen LogP contribution in [0, 0.1) is 0 Å². The first-order valence-corrected chi connectivity index (χ1v) is 9.92. The Balaban J connectivity index is 1.41. The topological polar surface area (TPSA) is 71.5 Å². The summed E-state index contributed by atoms with van der Waals surface area (Å²) in [5.41, 5.74) is 1.31. The summed E-state index contributed by atoms with van der Waals surface area (Å²) >= 11 is 0. The minimum atomic E-state index is -0.0712. The van der Waals surface area contributed by atoms with Gasteiger partial charge in [0.25, 0.3) is 11.8 Å². The van der Waals surface area contributed by atoms with Crippen LogP contribution >= 0.6 is 0 Å². The number of amides is 2. The van der Waals surface area contributed by atoms with Gasteiger partial charge in [-0.25, -0.2) is 0 Å². The average Bonchev–Trinajstić information content (AvgIpc) is 2.99. The van der Waals surface area contributed by atoms with Crippen molar-refractivity contribution in [2.45, 2.75) is 50.7 Å². The molecule has 2 saturated heterocycles. The highest BCUT2D eigenvalue weighted by molar-refractivity contribution is 5.95. The lowest BCUT2D eigenvalue weighted by molar-refractivity contribution is 0.0549. The maximum absolute atomic E-state index is 13.1. The van der Waals surface area contributed by atoms with E-state index in [0.29, 0.717) is 17.7 Å². The molecular formula is C22H25N3O3. The third-order valence-electron chi connectivity index (χ3n) is 5.66. The number of aromatic nitrogens is 1. The zero-order valence-electron chi connectivity index (χ0n) is 16.0. The van der Waals surface area contributed by atoms with Gasteiger partial charge < -0.3 is 15.0 Å². The van der Waals surface area contributed by atoms with Crippen molar-refractivity contribution >= 4 is 11.8 Å². The monoisotopic (exact) mass is 379 g/mol. The van der Waals surface area contributed by atoms with E-state index in [1.54, 1.807) is 24.5 Å². The van der Waals surface area contributed by atoms with Crippen LogP contribution in [0.4, 0.5) is 0 Å². The number of benzene rings is 1. The molecule has 2 aromatic rings. The molecule has 3 heterocycles. The van der Waals surface area contributed by atoms with Gasteiger partial charge in [-0.1, -0.05) is 0 Å². The Kier molecular flexibility index (Phi) is 5.28. The van der Waals surface area contributed by atoms with Crippen molar-refractivity contribution < 1.29 is 14.3 Å². The molecule has 2 bridgehead atoms. The van der Waals surface area contributed by atoms with Crippen LogP contribution in [0.1, 0.15) is 53.3 Å². The van der Waals surface area contributed by atoms with Gasteiger partial charge in [0, 0.05) is 41.6 Å². The Morgan fingerprint density at radius 1 is 1.04 bits per heavy atom. The van der Waals surface area contributed by atoms with Crippen molar-refractivity contribution in [3.63, 3.8) is 0 Å². The number of rotatable bonds is 5. The third-order valence-corrected chi connectivity index (χ3v) is 5.66. The number of carbonyl (C=O) groups is 2. The predicted molar refractivity (Wildman–Crippen MR) is 105 cm³/mol. The Hall–Kier alpha value is -2.89. The van der Waals surface area contributed by atoms with Crippen LogP contribution in [0.5, 0.6) is 5.75 Å². The molecule has 146 valence electrons. The molecule has 2 aliphatic rings. The maximum atomic E-state index is 13.1. The van der Waals surface area contributed by atoms with Gasteiger partial charge in [0.1, 0.15) is 5.75 Å². The van der Waals surface area contributed by atoms with E-state index in [2.05, 4.69) is 10.3 Å². The fraction of sp³-hybridized carbons (Fsp3) is 0.409. The van der Waals surface area contributed by atoms with E-state index in [-0.39, 0.29) is 29.9 Å². The Morgan fingerprint density at radius 2 is 1.68 bits per heavy atom. The predicted octanol–water partition coefficient (Wildman–Crippen LogP) is 3.05. The van der Waals surface area contributed by atoms with E-state index in [0.717, 1.165) is 31.4 Å². The number of fused-ring (bicyclic) bond motifs is 2. The quantitative estimate of drug-likeness (QED) is 0.867. The second-order valence-corrected chi connectivity index (χ2v) is 7.43. The van der Waals surface area contributed by atoms with E-state index in [1.807, 2.05) is 36.1 Å². The van der Waals surface area contributed by atoms with Gasteiger partial charge in [-0.15, -0.1) is 0 Å². The molecule has 2 unspecified atom stereocenters. The van der Waals surface area contributed by atoms with Gasteiger partial charge in [-0.3, -0.25) is 14.6 Å². The highest BCUT2D eigenvalue weighted by atomic mass is 16.5. The number of hydrogen-bond donors (Lipinski definition) is 1. The smallest absolute Gasteiger partial charge is 0.254 e. The first-order valence-electron chi connectivity index (χ1n) is 9.92. The van der Waals surface area contributed by atoms with Crippen LogP contribution in [-0.2, 0) is 0 Å². The molecule has 0 spiro atoms. The number of nitrogens with zero attached hydrogens (tertiary/aromatic N) is 2. The lowest BCUT2D eigenvalue weighted by Gasteiger charge is -2.39. The lowest BCUT2D eigenvalue weighted by Crippen LogP contribution is -2.52. The normalized spacial score (nSPS) is 23.3. The summed E-state index contributed by atoms with van der Waals surface area (Å²) in [4.78, 5) is 31.5. The van der Waals surface area contributed by atoms with Crippen molar-refractivity contribution in [1.82, 2.24) is 15.2 Å². The Bertz CT molecular complexity index is 824. The van der Waals surface area contributed by atoms with Crippen LogP contribution in [-0.4, -0.2) is 46.4 Å². The van der Waals surface area contributed by atoms with Crippen LogP contribution in [0.25, 0.3) is 0 Å². The summed E-state index contributed by atoms with van der Waals surface area (Å²) < 4.78 is 5.46. The van der Waals surface area contributed by atoms with Crippen LogP contribution in [0.2, 0.25) is 0 Å². The number of ether oxygens (including phenoxy) is 1. The molecule has 28 heavy (non-hydrogen) atoms. The zero-order chi connectivity index (χ0) is 19.5. The summed E-state index contributed by atoms with van der Waals surface area (Å²) in [5.74, 6) is 0.784. The summed E-state index contributed by atoms with van der Waals surface area (Å²) in [6.07, 6.45) is 6.84. The molecule has 2 atom stereocenters. The second-order valence-electron chi connectivity index (χ2n) is 7.43. The van der Waals surface area contributed by atoms with E-state index in [1.165, 1.54) is 0 Å². The molecule has 2 amide bonds. The number of nitrogens with one attached hydrogen (secondary N) is 1. The summed E-state index contributed by atoms with van der Waals surface area (Å²) in [6, 6.07) is 11.3. The molecule has 1 N–H and O–H groups in total. The second kappa shape index (κ2) is 8.00. The standard InChI is InChI=1S/C22H25N3O3/c1-2-28-20-7-3-16(4-8-20)22(27)25-18-5-6-19(25)14-17(13-18)24-21(26)15-9-11-23-12-10-15/h3-4,7-12,17-19H,2,5-6,13-14H2,1H3,(H,24,26). The van der Waals surface area contributed by atoms with Crippen molar-refractivity contribution in [1.29, 1.82) is 0 Å². The highest BCUT2D eigenvalue weighted by Crippen LogP contribution is 2.37. The summed E-state index contributed by atoms with van der Waals surface area (Å²) in [6.45, 7) is 2.55. The van der Waals surface area contributed by atoms with Crippen molar-refractivity contribution in [2.75, 3.05) is 6.61 Å². The van der Waals surface area contributed by atoms with Crippen LogP contribution in [0.3, 0.4) is 0 Å². The lowest BCUT2D eigenvalue weighted by atomic mass is 9.96. The Labute approximate surface area is 164 Å². The number of pyridine rings is 1. The molecule has 0 saturated carbocycles. The SMILES string of the molecule is CCOc1ccc(C(=O)N2C3CCC2CC(NC(=O)c2ccncc2)C3)cc1. The Morgan fingerprint density at radius 3 is 2.29 bits per heavy atom. The van der Waals surface area contributed by atoms with Gasteiger partial charge in [0.05, 0.1) is 6.61 Å². The molecule has 6 nitrogen and oxygen atoms in total. The molecule has 2 aliphatic heterocycles. The average molecular weight is 379 g/mol. The van der Waals surface area contributed by atoms with Gasteiger partial charge in [-0.05, 0) is 69.0 Å². The minimum absolute atomic E-state index is 0.0712. The fourth-order valence-corrected chi connectivity index (χ4v) is 4.41. The molecular weight excluding hydrogens is 354 g/mol.